The van der Waals surface area contributed by atoms with Gasteiger partial charge in [-0.3, -0.25) is 9.59 Å². The highest BCUT2D eigenvalue weighted by atomic mass is 32.1. The van der Waals surface area contributed by atoms with Gasteiger partial charge in [0, 0.05) is 5.69 Å². The Bertz CT molecular complexity index is 1070. The van der Waals surface area contributed by atoms with E-state index in [1.54, 1.807) is 43.3 Å². The third-order valence-corrected chi connectivity index (χ3v) is 5.29. The van der Waals surface area contributed by atoms with Crippen LogP contribution in [0.25, 0.3) is 0 Å². The Morgan fingerprint density at radius 3 is 2.50 bits per heavy atom. The molecule has 2 amide bonds. The van der Waals surface area contributed by atoms with Crippen LogP contribution in [0, 0.1) is 13.8 Å². The van der Waals surface area contributed by atoms with Crippen molar-refractivity contribution in [3.8, 4) is 5.75 Å². The van der Waals surface area contributed by atoms with Crippen molar-refractivity contribution in [2.45, 2.75) is 13.8 Å². The maximum atomic E-state index is 12.7. The molecule has 0 spiro atoms. The molecule has 0 aliphatic carbocycles. The van der Waals surface area contributed by atoms with E-state index in [0.717, 1.165) is 11.1 Å². The van der Waals surface area contributed by atoms with Crippen LogP contribution in [0.1, 0.15) is 31.4 Å². The minimum atomic E-state index is -0.479. The number of hydrogen-bond donors (Lipinski definition) is 2. The zero-order valence-corrected chi connectivity index (χ0v) is 17.4. The number of carbonyl (C=O) groups excluding carboxylic acids is 3. The molecular weight excluding hydrogens is 408 g/mol. The van der Waals surface area contributed by atoms with Gasteiger partial charge in [0.2, 0.25) is 0 Å². The number of thiophene rings is 1. The summed E-state index contributed by atoms with van der Waals surface area (Å²) in [6.45, 7) is 3.42. The molecule has 8 nitrogen and oxygen atoms in total. The molecule has 2 N–H and O–H groups in total. The monoisotopic (exact) mass is 428 g/mol. The average Bonchev–Trinajstić information content (AvgIpc) is 3.38. The predicted octanol–water partition coefficient (Wildman–Crippen LogP) is 4.01. The molecule has 0 unspecified atom stereocenters. The van der Waals surface area contributed by atoms with Gasteiger partial charge in [0.1, 0.15) is 5.75 Å². The van der Waals surface area contributed by atoms with E-state index in [9.17, 15) is 14.4 Å². The summed E-state index contributed by atoms with van der Waals surface area (Å²) in [4.78, 5) is 36.5. The second-order valence-electron chi connectivity index (χ2n) is 6.35. The van der Waals surface area contributed by atoms with Crippen molar-refractivity contribution >= 4 is 39.8 Å². The molecule has 3 rings (SSSR count). The van der Waals surface area contributed by atoms with Gasteiger partial charge >= 0.3 is 5.97 Å². The predicted molar refractivity (Wildman–Crippen MR) is 112 cm³/mol. The molecule has 0 radical (unpaired) electrons. The number of hydrogen-bond acceptors (Lipinski definition) is 7. The highest BCUT2D eigenvalue weighted by Crippen LogP contribution is 2.29. The molecule has 0 aliphatic rings. The van der Waals surface area contributed by atoms with Gasteiger partial charge in [0.15, 0.2) is 12.4 Å². The Labute approximate surface area is 176 Å². The van der Waals surface area contributed by atoms with Crippen LogP contribution in [0.2, 0.25) is 0 Å². The molecule has 2 heterocycles. The fourth-order valence-corrected chi connectivity index (χ4v) is 3.56. The first-order valence-corrected chi connectivity index (χ1v) is 9.76. The number of carbonyl (C=O) groups is 3. The summed E-state index contributed by atoms with van der Waals surface area (Å²) >= 11 is 1.17. The molecule has 0 saturated carbocycles. The van der Waals surface area contributed by atoms with Crippen LogP contribution < -0.4 is 15.4 Å². The molecule has 156 valence electrons. The lowest BCUT2D eigenvalue weighted by Crippen LogP contribution is -2.14. The smallest absolute Gasteiger partial charge is 0.343 e. The number of methoxy groups -OCH3 is 1. The van der Waals surface area contributed by atoms with E-state index >= 15 is 0 Å². The average molecular weight is 428 g/mol. The van der Waals surface area contributed by atoms with E-state index in [2.05, 4.69) is 15.4 Å². The van der Waals surface area contributed by atoms with Gasteiger partial charge < -0.3 is 24.5 Å². The van der Waals surface area contributed by atoms with Crippen LogP contribution in [0.5, 0.6) is 5.75 Å². The highest BCUT2D eigenvalue weighted by molar-refractivity contribution is 7.18. The fraction of sp³-hybridized carbons (Fsp3) is 0.190. The van der Waals surface area contributed by atoms with Crippen molar-refractivity contribution < 1.29 is 28.3 Å². The summed E-state index contributed by atoms with van der Waals surface area (Å²) < 4.78 is 14.9. The van der Waals surface area contributed by atoms with Gasteiger partial charge in [-0.15, -0.1) is 11.3 Å². The van der Waals surface area contributed by atoms with Gasteiger partial charge in [0.25, 0.3) is 11.8 Å². The Morgan fingerprint density at radius 1 is 1.03 bits per heavy atom. The van der Waals surface area contributed by atoms with E-state index in [0.29, 0.717) is 21.3 Å². The number of nitrogens with one attached hydrogen (secondary N) is 2. The molecule has 0 bridgehead atoms. The molecule has 0 aliphatic heterocycles. The quantitative estimate of drug-likeness (QED) is 0.551. The minimum absolute atomic E-state index is 0.192. The lowest BCUT2D eigenvalue weighted by molar-refractivity contribution is -0.142. The second kappa shape index (κ2) is 9.27. The summed E-state index contributed by atoms with van der Waals surface area (Å²) in [5, 5.41) is 6.12. The number of aryl methyl sites for hydroxylation is 2. The molecule has 3 aromatic rings. The number of furan rings is 1. The Morgan fingerprint density at radius 2 is 1.83 bits per heavy atom. The standard InChI is InChI=1S/C21H20N2O6S/c1-12-9-14(29-11-18(24)27-3)6-7-15(12)22-21(26)19-13(2)10-17(30-19)23-20(25)16-5-4-8-28-16/h4-10H,11H2,1-3H3,(H,22,26)(H,23,25). The first kappa shape index (κ1) is 21.1. The van der Waals surface area contributed by atoms with Gasteiger partial charge in [-0.25, -0.2) is 4.79 Å². The van der Waals surface area contributed by atoms with Gasteiger partial charge in [0.05, 0.1) is 23.3 Å². The second-order valence-corrected chi connectivity index (χ2v) is 7.40. The third-order valence-electron chi connectivity index (χ3n) is 4.14. The normalized spacial score (nSPS) is 10.4. The largest absolute Gasteiger partial charge is 0.482 e. The van der Waals surface area contributed by atoms with Crippen molar-refractivity contribution in [3.63, 3.8) is 0 Å². The fourth-order valence-electron chi connectivity index (χ4n) is 2.60. The maximum Gasteiger partial charge on any atom is 0.343 e. The van der Waals surface area contributed by atoms with E-state index < -0.39 is 5.97 Å². The summed E-state index contributed by atoms with van der Waals surface area (Å²) in [7, 11) is 1.29. The maximum absolute atomic E-state index is 12.7. The van der Waals surface area contributed by atoms with Crippen molar-refractivity contribution in [3.05, 3.63) is 64.4 Å². The van der Waals surface area contributed by atoms with Crippen LogP contribution in [0.15, 0.2) is 47.1 Å². The van der Waals surface area contributed by atoms with Crippen molar-refractivity contribution in [2.75, 3.05) is 24.4 Å². The molecule has 9 heteroatoms. The summed E-state index contributed by atoms with van der Waals surface area (Å²) in [6.07, 6.45) is 1.42. The van der Waals surface area contributed by atoms with Crippen LogP contribution in [-0.4, -0.2) is 31.5 Å². The number of amides is 2. The zero-order valence-electron chi connectivity index (χ0n) is 16.6. The molecule has 2 aromatic heterocycles. The van der Waals surface area contributed by atoms with Crippen molar-refractivity contribution in [2.24, 2.45) is 0 Å². The molecule has 0 fully saturated rings. The van der Waals surface area contributed by atoms with Crippen LogP contribution in [-0.2, 0) is 9.53 Å². The van der Waals surface area contributed by atoms with Gasteiger partial charge in [-0.05, 0) is 61.4 Å². The van der Waals surface area contributed by atoms with Crippen molar-refractivity contribution in [1.29, 1.82) is 0 Å². The molecule has 0 atom stereocenters. The molecule has 30 heavy (non-hydrogen) atoms. The topological polar surface area (TPSA) is 107 Å². The SMILES string of the molecule is COC(=O)COc1ccc(NC(=O)c2sc(NC(=O)c3ccco3)cc2C)c(C)c1. The lowest BCUT2D eigenvalue weighted by Gasteiger charge is -2.11. The number of rotatable bonds is 7. The summed E-state index contributed by atoms with van der Waals surface area (Å²) in [6, 6.07) is 9.99. The summed E-state index contributed by atoms with van der Waals surface area (Å²) in [5.41, 5.74) is 2.12. The Hall–Kier alpha value is -3.59. The van der Waals surface area contributed by atoms with Crippen molar-refractivity contribution in [1.82, 2.24) is 0 Å². The van der Waals surface area contributed by atoms with Crippen LogP contribution in [0.4, 0.5) is 10.7 Å². The number of benzene rings is 1. The number of ether oxygens (including phenoxy) is 2. The lowest BCUT2D eigenvalue weighted by atomic mass is 10.2. The molecule has 1 aromatic carbocycles. The third kappa shape index (κ3) is 5.06. The van der Waals surface area contributed by atoms with Crippen LogP contribution in [0.3, 0.4) is 0 Å². The number of anilines is 2. The van der Waals surface area contributed by atoms with Gasteiger partial charge in [-0.1, -0.05) is 0 Å². The van der Waals surface area contributed by atoms with E-state index in [-0.39, 0.29) is 24.2 Å². The summed E-state index contributed by atoms with van der Waals surface area (Å²) in [5.74, 6) is -0.467. The molecule has 0 saturated heterocycles. The Balaban J connectivity index is 1.66. The first-order chi connectivity index (χ1) is 14.4. The molecular formula is C21H20N2O6S. The van der Waals surface area contributed by atoms with E-state index in [1.807, 2.05) is 6.92 Å². The van der Waals surface area contributed by atoms with Gasteiger partial charge in [-0.2, -0.15) is 0 Å². The van der Waals surface area contributed by atoms with E-state index in [1.165, 1.54) is 24.7 Å². The Kier molecular flexibility index (Phi) is 6.53. The highest BCUT2D eigenvalue weighted by Gasteiger charge is 2.17. The van der Waals surface area contributed by atoms with E-state index in [4.69, 9.17) is 9.15 Å². The van der Waals surface area contributed by atoms with Crippen LogP contribution >= 0.6 is 11.3 Å². The first-order valence-electron chi connectivity index (χ1n) is 8.94. The zero-order chi connectivity index (χ0) is 21.7. The number of esters is 1. The minimum Gasteiger partial charge on any atom is -0.482 e.